The van der Waals surface area contributed by atoms with E-state index in [1.54, 1.807) is 0 Å². The normalized spacial score (nSPS) is 26.7. The van der Waals surface area contributed by atoms with Crippen LogP contribution >= 0.6 is 0 Å². The van der Waals surface area contributed by atoms with Crippen LogP contribution in [-0.2, 0) is 9.59 Å². The summed E-state index contributed by atoms with van der Waals surface area (Å²) in [6.07, 6.45) is 4.18. The molecule has 5 heteroatoms. The topological polar surface area (TPSA) is 52.7 Å². The lowest BCUT2D eigenvalue weighted by Gasteiger charge is -2.46. The van der Waals surface area contributed by atoms with Crippen LogP contribution in [0.5, 0.6) is 0 Å². The van der Waals surface area contributed by atoms with Gasteiger partial charge in [0.2, 0.25) is 11.8 Å². The summed E-state index contributed by atoms with van der Waals surface area (Å²) in [5, 5.41) is 3.69. The van der Waals surface area contributed by atoms with Gasteiger partial charge in [-0.15, -0.1) is 0 Å². The van der Waals surface area contributed by atoms with Gasteiger partial charge in [-0.05, 0) is 19.3 Å². The van der Waals surface area contributed by atoms with Gasteiger partial charge < -0.3 is 9.80 Å². The summed E-state index contributed by atoms with van der Waals surface area (Å²) in [5.74, 6) is 0.811. The highest BCUT2D eigenvalue weighted by Crippen LogP contribution is 2.37. The van der Waals surface area contributed by atoms with Crippen molar-refractivity contribution in [2.45, 2.75) is 84.5 Å². The van der Waals surface area contributed by atoms with Crippen molar-refractivity contribution in [2.75, 3.05) is 13.1 Å². The first-order valence-electron chi connectivity index (χ1n) is 9.28. The van der Waals surface area contributed by atoms with E-state index in [-0.39, 0.29) is 29.6 Å². The van der Waals surface area contributed by atoms with Gasteiger partial charge in [-0.25, -0.2) is 0 Å². The van der Waals surface area contributed by atoms with Crippen LogP contribution in [0.1, 0.15) is 66.7 Å². The van der Waals surface area contributed by atoms with E-state index in [0.29, 0.717) is 12.3 Å². The van der Waals surface area contributed by atoms with Gasteiger partial charge in [0.1, 0.15) is 0 Å². The second-order valence-corrected chi connectivity index (χ2v) is 7.24. The highest BCUT2D eigenvalue weighted by molar-refractivity contribution is 5.86. The summed E-state index contributed by atoms with van der Waals surface area (Å²) in [5.41, 5.74) is -0.259. The summed E-state index contributed by atoms with van der Waals surface area (Å²) in [4.78, 5) is 29.0. The lowest BCUT2D eigenvalue weighted by molar-refractivity contribution is -0.139. The molecule has 3 atom stereocenters. The Hall–Kier alpha value is -1.10. The third kappa shape index (κ3) is 3.25. The predicted molar refractivity (Wildman–Crippen MR) is 91.8 cm³/mol. The van der Waals surface area contributed by atoms with Crippen LogP contribution in [0.4, 0.5) is 0 Å². The Morgan fingerprint density at radius 1 is 1.22 bits per heavy atom. The number of piperidine rings is 1. The number of rotatable bonds is 5. The fourth-order valence-electron chi connectivity index (χ4n) is 3.96. The fourth-order valence-corrected chi connectivity index (χ4v) is 3.96. The van der Waals surface area contributed by atoms with Crippen LogP contribution in [0.15, 0.2) is 0 Å². The molecule has 0 aromatic rings. The Morgan fingerprint density at radius 3 is 2.30 bits per heavy atom. The zero-order chi connectivity index (χ0) is 17.2. The van der Waals surface area contributed by atoms with Crippen LogP contribution in [0.2, 0.25) is 0 Å². The second kappa shape index (κ2) is 7.20. The number of hydrogen-bond acceptors (Lipinski definition) is 3. The Kier molecular flexibility index (Phi) is 5.71. The van der Waals surface area contributed by atoms with E-state index in [1.165, 1.54) is 0 Å². The van der Waals surface area contributed by atoms with Gasteiger partial charge in [0, 0.05) is 38.4 Å². The number of amides is 2. The first-order chi connectivity index (χ1) is 10.9. The van der Waals surface area contributed by atoms with Gasteiger partial charge in [-0.2, -0.15) is 0 Å². The average molecular weight is 323 g/mol. The smallest absolute Gasteiger partial charge is 0.241 e. The largest absolute Gasteiger partial charge is 0.342 e. The third-order valence-electron chi connectivity index (χ3n) is 5.88. The SMILES string of the molecule is CCC(=O)N1CCC2(CC1)N[C@H]([C@H](C)CC)C(=O)N2[C@@H](C)CC. The molecule has 2 aliphatic heterocycles. The van der Waals surface area contributed by atoms with Gasteiger partial charge in [0.15, 0.2) is 0 Å². The maximum Gasteiger partial charge on any atom is 0.241 e. The van der Waals surface area contributed by atoms with Crippen molar-refractivity contribution in [1.82, 2.24) is 15.1 Å². The van der Waals surface area contributed by atoms with Crippen molar-refractivity contribution in [2.24, 2.45) is 5.92 Å². The van der Waals surface area contributed by atoms with Crippen LogP contribution in [0.25, 0.3) is 0 Å². The average Bonchev–Trinajstić information content (AvgIpc) is 2.85. The van der Waals surface area contributed by atoms with Crippen LogP contribution in [0.3, 0.4) is 0 Å². The maximum atomic E-state index is 13.0. The van der Waals surface area contributed by atoms with E-state index in [1.807, 2.05) is 11.8 Å². The van der Waals surface area contributed by atoms with Crippen molar-refractivity contribution in [3.8, 4) is 0 Å². The zero-order valence-corrected chi connectivity index (χ0v) is 15.4. The van der Waals surface area contributed by atoms with E-state index in [0.717, 1.165) is 38.8 Å². The monoisotopic (exact) mass is 323 g/mol. The van der Waals surface area contributed by atoms with Crippen molar-refractivity contribution in [1.29, 1.82) is 0 Å². The Bertz CT molecular complexity index is 444. The van der Waals surface area contributed by atoms with E-state index < -0.39 is 0 Å². The lowest BCUT2D eigenvalue weighted by atomic mass is 9.93. The summed E-state index contributed by atoms with van der Waals surface area (Å²) >= 11 is 0. The third-order valence-corrected chi connectivity index (χ3v) is 5.88. The molecule has 0 aliphatic carbocycles. The van der Waals surface area contributed by atoms with E-state index in [9.17, 15) is 9.59 Å². The maximum absolute atomic E-state index is 13.0. The Balaban J connectivity index is 2.21. The van der Waals surface area contributed by atoms with Gasteiger partial charge in [-0.1, -0.05) is 34.1 Å². The molecule has 0 aromatic heterocycles. The molecule has 0 aromatic carbocycles. The van der Waals surface area contributed by atoms with Crippen molar-refractivity contribution in [3.05, 3.63) is 0 Å². The summed E-state index contributed by atoms with van der Waals surface area (Å²) in [6.45, 7) is 12.0. The fraction of sp³-hybridized carbons (Fsp3) is 0.889. The van der Waals surface area contributed by atoms with Crippen molar-refractivity contribution >= 4 is 11.8 Å². The van der Waals surface area contributed by atoms with E-state index in [4.69, 9.17) is 0 Å². The molecule has 132 valence electrons. The molecule has 23 heavy (non-hydrogen) atoms. The summed E-state index contributed by atoms with van der Waals surface area (Å²) < 4.78 is 0. The molecule has 2 fully saturated rings. The molecule has 0 unspecified atom stereocenters. The molecule has 2 rings (SSSR count). The predicted octanol–water partition coefficient (Wildman–Crippen LogP) is 2.36. The molecule has 1 N–H and O–H groups in total. The number of nitrogens with one attached hydrogen (secondary N) is 1. The van der Waals surface area contributed by atoms with E-state index in [2.05, 4.69) is 37.9 Å². The van der Waals surface area contributed by atoms with Crippen molar-refractivity contribution in [3.63, 3.8) is 0 Å². The molecular formula is C18H33N3O2. The molecule has 2 aliphatic rings. The number of likely N-dealkylation sites (tertiary alicyclic amines) is 1. The van der Waals surface area contributed by atoms with E-state index >= 15 is 0 Å². The second-order valence-electron chi connectivity index (χ2n) is 7.24. The molecule has 0 bridgehead atoms. The first-order valence-corrected chi connectivity index (χ1v) is 9.28. The lowest BCUT2D eigenvalue weighted by Crippen LogP contribution is -2.61. The molecule has 2 amide bonds. The number of carbonyl (C=O) groups is 2. The quantitative estimate of drug-likeness (QED) is 0.845. The molecule has 1 spiro atoms. The highest BCUT2D eigenvalue weighted by Gasteiger charge is 2.53. The molecule has 2 saturated heterocycles. The first kappa shape index (κ1) is 18.2. The van der Waals surface area contributed by atoms with Crippen LogP contribution < -0.4 is 5.32 Å². The zero-order valence-electron chi connectivity index (χ0n) is 15.4. The number of hydrogen-bond donors (Lipinski definition) is 1. The van der Waals surface area contributed by atoms with Crippen LogP contribution in [0, 0.1) is 5.92 Å². The molecule has 2 heterocycles. The summed E-state index contributed by atoms with van der Waals surface area (Å²) in [6, 6.07) is 0.153. The van der Waals surface area contributed by atoms with Crippen LogP contribution in [-0.4, -0.2) is 52.5 Å². The highest BCUT2D eigenvalue weighted by atomic mass is 16.2. The Labute approximate surface area is 140 Å². The minimum atomic E-state index is -0.259. The number of carbonyl (C=O) groups excluding carboxylic acids is 2. The Morgan fingerprint density at radius 2 is 1.83 bits per heavy atom. The molecule has 0 saturated carbocycles. The standard InChI is InChI=1S/C18H33N3O2/c1-6-13(4)16-17(23)21(14(5)7-2)18(19-16)9-11-20(12-10-18)15(22)8-3/h13-14,16,19H,6-12H2,1-5H3/t13-,14+,16-/m1/s1. The van der Waals surface area contributed by atoms with Gasteiger partial charge in [0.05, 0.1) is 11.7 Å². The minimum absolute atomic E-state index is 0.0811. The minimum Gasteiger partial charge on any atom is -0.342 e. The summed E-state index contributed by atoms with van der Waals surface area (Å²) in [7, 11) is 0. The molecule has 5 nitrogen and oxygen atoms in total. The van der Waals surface area contributed by atoms with Gasteiger partial charge in [0.25, 0.3) is 0 Å². The number of nitrogens with zero attached hydrogens (tertiary/aromatic N) is 2. The van der Waals surface area contributed by atoms with Gasteiger partial charge >= 0.3 is 0 Å². The van der Waals surface area contributed by atoms with Gasteiger partial charge in [-0.3, -0.25) is 14.9 Å². The molecule has 0 radical (unpaired) electrons. The molecular weight excluding hydrogens is 290 g/mol. The van der Waals surface area contributed by atoms with Crippen molar-refractivity contribution < 1.29 is 9.59 Å².